The van der Waals surface area contributed by atoms with Crippen molar-refractivity contribution in [1.82, 2.24) is 0 Å². The van der Waals surface area contributed by atoms with Crippen molar-refractivity contribution in [2.75, 3.05) is 6.61 Å². The van der Waals surface area contributed by atoms with Crippen molar-refractivity contribution in [3.8, 4) is 0 Å². The van der Waals surface area contributed by atoms with Crippen molar-refractivity contribution in [1.29, 1.82) is 0 Å². The molecule has 13 atom stereocenters. The highest BCUT2D eigenvalue weighted by atomic mass is 16.7. The van der Waals surface area contributed by atoms with Gasteiger partial charge in [0.2, 0.25) is 0 Å². The molecule has 0 bridgehead atoms. The molecule has 3 unspecified atom stereocenters. The van der Waals surface area contributed by atoms with E-state index in [1.54, 1.807) is 13.0 Å². The molecule has 9 nitrogen and oxygen atoms in total. The predicted molar refractivity (Wildman–Crippen MR) is 133 cm³/mol. The minimum absolute atomic E-state index is 0.0322. The van der Waals surface area contributed by atoms with Gasteiger partial charge in [-0.15, -0.1) is 0 Å². The fourth-order valence-corrected chi connectivity index (χ4v) is 9.73. The van der Waals surface area contributed by atoms with Crippen LogP contribution in [0.4, 0.5) is 0 Å². The SMILES string of the molecule is C[C@@H]1O[C@@H](O[C@H]2CC[C@@]3(C=O)C(CCC4C3CC[C@]3(C)[C@@H](C5=CC(=O)OC5)CC[C@]43O)C2)[C@H](O)[C@H](O)[C@H]1O. The fourth-order valence-electron chi connectivity index (χ4n) is 9.73. The number of hydrogen-bond donors (Lipinski definition) is 4. The number of aldehydes is 1. The highest BCUT2D eigenvalue weighted by Gasteiger charge is 2.68. The normalized spacial score (nSPS) is 54.4. The molecule has 6 aliphatic rings. The van der Waals surface area contributed by atoms with Crippen LogP contribution in [0.1, 0.15) is 71.6 Å². The minimum Gasteiger partial charge on any atom is -0.458 e. The van der Waals surface area contributed by atoms with Gasteiger partial charge in [-0.1, -0.05) is 6.92 Å². The number of ether oxygens (including phenoxy) is 3. The third kappa shape index (κ3) is 3.72. The van der Waals surface area contributed by atoms with Crippen LogP contribution < -0.4 is 0 Å². The maximum atomic E-state index is 12.9. The summed E-state index contributed by atoms with van der Waals surface area (Å²) in [5.74, 6) is 0.0678. The van der Waals surface area contributed by atoms with E-state index >= 15 is 0 Å². The van der Waals surface area contributed by atoms with E-state index in [9.17, 15) is 30.0 Å². The number of aliphatic hydroxyl groups is 4. The van der Waals surface area contributed by atoms with E-state index in [1.807, 2.05) is 0 Å². The monoisotopic (exact) mass is 534 g/mol. The molecule has 0 amide bonds. The van der Waals surface area contributed by atoms with E-state index < -0.39 is 41.7 Å². The first-order chi connectivity index (χ1) is 18.0. The van der Waals surface area contributed by atoms with Crippen LogP contribution in [-0.2, 0) is 23.8 Å². The first kappa shape index (κ1) is 26.8. The quantitative estimate of drug-likeness (QED) is 0.240. The number of rotatable bonds is 4. The summed E-state index contributed by atoms with van der Waals surface area (Å²) in [5.41, 5.74) is -0.739. The number of carbonyl (C=O) groups excluding carboxylic acids is 2. The van der Waals surface area contributed by atoms with Crippen molar-refractivity contribution in [3.05, 3.63) is 11.6 Å². The average molecular weight is 535 g/mol. The van der Waals surface area contributed by atoms with Crippen molar-refractivity contribution in [2.45, 2.75) is 114 Å². The third-order valence-corrected chi connectivity index (χ3v) is 11.9. The van der Waals surface area contributed by atoms with E-state index in [4.69, 9.17) is 14.2 Å². The van der Waals surface area contributed by atoms with Crippen molar-refractivity contribution < 1.29 is 44.2 Å². The lowest BCUT2D eigenvalue weighted by Crippen LogP contribution is -2.63. The van der Waals surface area contributed by atoms with Gasteiger partial charge < -0.3 is 39.4 Å². The van der Waals surface area contributed by atoms with Crippen LogP contribution in [0.3, 0.4) is 0 Å². The lowest BCUT2D eigenvalue weighted by Gasteiger charge is -2.63. The summed E-state index contributed by atoms with van der Waals surface area (Å²) in [6, 6.07) is 0. The molecule has 4 aliphatic carbocycles. The van der Waals surface area contributed by atoms with E-state index in [-0.39, 0.29) is 41.2 Å². The molecule has 0 spiro atoms. The van der Waals surface area contributed by atoms with Crippen LogP contribution in [0.25, 0.3) is 0 Å². The Morgan fingerprint density at radius 3 is 2.50 bits per heavy atom. The van der Waals surface area contributed by atoms with Gasteiger partial charge in [-0.05, 0) is 94.0 Å². The molecule has 6 rings (SSSR count). The molecule has 2 heterocycles. The number of fused-ring (bicyclic) bond motifs is 5. The molecule has 0 aromatic heterocycles. The van der Waals surface area contributed by atoms with E-state index in [0.29, 0.717) is 32.3 Å². The molecule has 0 radical (unpaired) electrons. The lowest BCUT2D eigenvalue weighted by molar-refractivity contribution is -0.309. The third-order valence-electron chi connectivity index (χ3n) is 11.9. The summed E-state index contributed by atoms with van der Waals surface area (Å²) in [4.78, 5) is 24.7. The maximum Gasteiger partial charge on any atom is 0.331 e. The van der Waals surface area contributed by atoms with Crippen LogP contribution in [-0.4, -0.2) is 81.7 Å². The van der Waals surface area contributed by atoms with Gasteiger partial charge in [0, 0.05) is 16.9 Å². The van der Waals surface area contributed by atoms with Crippen LogP contribution in [0.15, 0.2) is 11.6 Å². The molecular formula is C29H42O9. The number of esters is 1. The summed E-state index contributed by atoms with van der Waals surface area (Å²) < 4.78 is 17.0. The molecule has 4 N–H and O–H groups in total. The van der Waals surface area contributed by atoms with E-state index in [1.165, 1.54) is 6.29 Å². The van der Waals surface area contributed by atoms with Gasteiger partial charge in [0.15, 0.2) is 6.29 Å². The summed E-state index contributed by atoms with van der Waals surface area (Å²) in [5, 5.41) is 42.9. The van der Waals surface area contributed by atoms with Crippen LogP contribution in [0, 0.1) is 34.5 Å². The zero-order chi connectivity index (χ0) is 27.0. The second-order valence-electron chi connectivity index (χ2n) is 13.2. The molecule has 0 aromatic carbocycles. The first-order valence-corrected chi connectivity index (χ1v) is 14.4. The van der Waals surface area contributed by atoms with Crippen molar-refractivity contribution >= 4 is 12.3 Å². The average Bonchev–Trinajstić information content (AvgIpc) is 3.45. The van der Waals surface area contributed by atoms with Gasteiger partial charge in [-0.2, -0.15) is 0 Å². The molecule has 2 aliphatic heterocycles. The highest BCUT2D eigenvalue weighted by Crippen LogP contribution is 2.69. The van der Waals surface area contributed by atoms with Gasteiger partial charge in [-0.3, -0.25) is 0 Å². The number of aliphatic hydroxyl groups excluding tert-OH is 3. The molecule has 0 aromatic rings. The molecule has 9 heteroatoms. The summed E-state index contributed by atoms with van der Waals surface area (Å²) in [6.45, 7) is 4.13. The van der Waals surface area contributed by atoms with Crippen LogP contribution in [0.5, 0.6) is 0 Å². The molecule has 5 fully saturated rings. The van der Waals surface area contributed by atoms with Crippen molar-refractivity contribution in [3.63, 3.8) is 0 Å². The fraction of sp³-hybridized carbons (Fsp3) is 0.862. The summed E-state index contributed by atoms with van der Waals surface area (Å²) in [6.07, 6.45) is 3.80. The Morgan fingerprint density at radius 1 is 1.00 bits per heavy atom. The number of carbonyl (C=O) groups is 2. The smallest absolute Gasteiger partial charge is 0.331 e. The number of cyclic esters (lactones) is 1. The zero-order valence-corrected chi connectivity index (χ0v) is 22.3. The van der Waals surface area contributed by atoms with Gasteiger partial charge in [-0.25, -0.2) is 4.79 Å². The second-order valence-corrected chi connectivity index (χ2v) is 13.2. The Kier molecular flexibility index (Phi) is 6.60. The Hall–Kier alpha value is -1.36. The zero-order valence-electron chi connectivity index (χ0n) is 22.3. The molecule has 1 saturated heterocycles. The summed E-state index contributed by atoms with van der Waals surface area (Å²) in [7, 11) is 0. The van der Waals surface area contributed by atoms with Crippen LogP contribution in [0.2, 0.25) is 0 Å². The minimum atomic E-state index is -1.34. The van der Waals surface area contributed by atoms with E-state index in [0.717, 1.165) is 37.7 Å². The Labute approximate surface area is 223 Å². The summed E-state index contributed by atoms with van der Waals surface area (Å²) >= 11 is 0. The first-order valence-electron chi connectivity index (χ1n) is 14.4. The molecule has 4 saturated carbocycles. The Bertz CT molecular complexity index is 999. The van der Waals surface area contributed by atoms with Crippen LogP contribution >= 0.6 is 0 Å². The topological polar surface area (TPSA) is 143 Å². The Morgan fingerprint density at radius 2 is 1.79 bits per heavy atom. The maximum absolute atomic E-state index is 12.9. The lowest BCUT2D eigenvalue weighted by atomic mass is 9.43. The Balaban J connectivity index is 1.19. The molecule has 212 valence electrons. The number of hydrogen-bond acceptors (Lipinski definition) is 9. The molecular weight excluding hydrogens is 492 g/mol. The van der Waals surface area contributed by atoms with Gasteiger partial charge in [0.1, 0.15) is 31.2 Å². The van der Waals surface area contributed by atoms with Gasteiger partial charge in [0.25, 0.3) is 0 Å². The standard InChI is InChI=1S/C29H42O9/c1-15-23(32)24(33)25(34)26(37-15)38-18-5-9-28(14-30)17(12-18)3-4-21-20(28)6-8-27(2)19(7-10-29(21,27)35)16-11-22(31)36-13-16/h11,14-15,17-21,23-26,32-35H,3-10,12-13H2,1-2H3/t15-,17?,18-,19+,20?,21?,23-,24+,25+,26-,27+,28+,29-/m0/s1. The van der Waals surface area contributed by atoms with Crippen molar-refractivity contribution in [2.24, 2.45) is 34.5 Å². The van der Waals surface area contributed by atoms with Gasteiger partial charge in [0.05, 0.1) is 17.8 Å². The second kappa shape index (κ2) is 9.35. The van der Waals surface area contributed by atoms with E-state index in [2.05, 4.69) is 6.92 Å². The highest BCUT2D eigenvalue weighted by molar-refractivity contribution is 5.85. The molecule has 38 heavy (non-hydrogen) atoms. The van der Waals surface area contributed by atoms with Gasteiger partial charge >= 0.3 is 5.97 Å². The largest absolute Gasteiger partial charge is 0.458 e. The predicted octanol–water partition coefficient (Wildman–Crippen LogP) is 1.64.